The highest BCUT2D eigenvalue weighted by Gasteiger charge is 2.08. The molecule has 1 N–H and O–H groups in total. The first-order valence-corrected chi connectivity index (χ1v) is 6.36. The monoisotopic (exact) mass is 265 g/mol. The van der Waals surface area contributed by atoms with Gasteiger partial charge >= 0.3 is 0 Å². The molecule has 18 heavy (non-hydrogen) atoms. The van der Waals surface area contributed by atoms with Gasteiger partial charge in [-0.05, 0) is 13.8 Å². The molecule has 4 nitrogen and oxygen atoms in total. The van der Waals surface area contributed by atoms with E-state index in [-0.39, 0.29) is 6.10 Å². The average molecular weight is 266 g/mol. The van der Waals surface area contributed by atoms with Gasteiger partial charge in [-0.1, -0.05) is 35.9 Å². The van der Waals surface area contributed by atoms with E-state index in [1.54, 1.807) is 0 Å². The Morgan fingerprint density at radius 2 is 2.00 bits per heavy atom. The topological polar surface area (TPSA) is 47.0 Å². The number of hydrogen-bond acceptors (Lipinski definition) is 4. The summed E-state index contributed by atoms with van der Waals surface area (Å²) in [4.78, 5) is 0. The molecule has 1 aromatic heterocycles. The second-order valence-corrected chi connectivity index (χ2v) is 4.39. The fraction of sp³-hybridized carbons (Fsp3) is 0.385. The summed E-state index contributed by atoms with van der Waals surface area (Å²) in [6, 6.07) is 7.80. The Morgan fingerprint density at radius 1 is 1.28 bits per heavy atom. The fourth-order valence-electron chi connectivity index (χ4n) is 1.79. The molecule has 1 atom stereocenters. The third-order valence-electron chi connectivity index (χ3n) is 2.65. The molecule has 0 saturated carbocycles. The number of benzene rings is 1. The van der Waals surface area contributed by atoms with E-state index >= 15 is 0 Å². The molecule has 0 aliphatic carbocycles. The maximum absolute atomic E-state index is 6.02. The first-order valence-electron chi connectivity index (χ1n) is 5.98. The minimum atomic E-state index is 0.131. The summed E-state index contributed by atoms with van der Waals surface area (Å²) in [6.45, 7) is 5.39. The number of halogens is 1. The van der Waals surface area contributed by atoms with Crippen LogP contribution in [0.15, 0.2) is 24.3 Å². The molecule has 1 aromatic carbocycles. The van der Waals surface area contributed by atoms with Crippen LogP contribution in [0.5, 0.6) is 0 Å². The van der Waals surface area contributed by atoms with Crippen molar-refractivity contribution in [2.75, 3.05) is 18.5 Å². The molecule has 0 amide bonds. The highest BCUT2D eigenvalue weighted by atomic mass is 35.5. The molecule has 0 spiro atoms. The van der Waals surface area contributed by atoms with E-state index in [2.05, 4.69) is 15.5 Å². The zero-order valence-electron chi connectivity index (χ0n) is 10.5. The van der Waals surface area contributed by atoms with Gasteiger partial charge in [-0.25, -0.2) is 0 Å². The van der Waals surface area contributed by atoms with Crippen LogP contribution in [0.2, 0.25) is 5.15 Å². The minimum Gasteiger partial charge on any atom is -0.377 e. The van der Waals surface area contributed by atoms with Gasteiger partial charge in [-0.2, -0.15) is 0 Å². The lowest BCUT2D eigenvalue weighted by Crippen LogP contribution is -2.20. The SMILES string of the molecule is CCOC(C)CNc1nnc(Cl)c2ccccc12. The smallest absolute Gasteiger partial charge is 0.159 e. The quantitative estimate of drug-likeness (QED) is 0.902. The first-order chi connectivity index (χ1) is 8.72. The van der Waals surface area contributed by atoms with Crippen LogP contribution in [-0.4, -0.2) is 29.5 Å². The average Bonchev–Trinajstić information content (AvgIpc) is 2.39. The molecule has 0 saturated heterocycles. The van der Waals surface area contributed by atoms with Crippen molar-refractivity contribution in [3.05, 3.63) is 29.4 Å². The van der Waals surface area contributed by atoms with Crippen molar-refractivity contribution < 1.29 is 4.74 Å². The van der Waals surface area contributed by atoms with Crippen LogP contribution in [0.25, 0.3) is 10.8 Å². The van der Waals surface area contributed by atoms with E-state index in [1.165, 1.54) is 0 Å². The summed E-state index contributed by atoms with van der Waals surface area (Å²) in [5, 5.41) is 13.6. The minimum absolute atomic E-state index is 0.131. The molecule has 1 heterocycles. The number of ether oxygens (including phenoxy) is 1. The molecule has 0 aliphatic heterocycles. The number of rotatable bonds is 5. The van der Waals surface area contributed by atoms with Crippen LogP contribution >= 0.6 is 11.6 Å². The number of aromatic nitrogens is 2. The Bertz CT molecular complexity index is 533. The van der Waals surface area contributed by atoms with Crippen molar-refractivity contribution in [2.45, 2.75) is 20.0 Å². The summed E-state index contributed by atoms with van der Waals surface area (Å²) in [7, 11) is 0. The van der Waals surface area contributed by atoms with Crippen LogP contribution in [0.4, 0.5) is 5.82 Å². The Hall–Kier alpha value is -1.39. The summed E-state index contributed by atoms with van der Waals surface area (Å²) in [5.41, 5.74) is 0. The molecule has 0 radical (unpaired) electrons. The number of fused-ring (bicyclic) bond motifs is 1. The van der Waals surface area contributed by atoms with Crippen LogP contribution in [0.1, 0.15) is 13.8 Å². The third kappa shape index (κ3) is 2.89. The Balaban J connectivity index is 2.21. The van der Waals surface area contributed by atoms with Gasteiger partial charge in [-0.3, -0.25) is 0 Å². The van der Waals surface area contributed by atoms with Gasteiger partial charge in [0.2, 0.25) is 0 Å². The standard InChI is InChI=1S/C13H16ClN3O/c1-3-18-9(2)8-15-13-11-7-5-4-6-10(11)12(14)16-17-13/h4-7,9H,3,8H2,1-2H3,(H,15,17). The predicted molar refractivity (Wildman–Crippen MR) is 74.1 cm³/mol. The maximum atomic E-state index is 6.02. The van der Waals surface area contributed by atoms with Gasteiger partial charge in [-0.15, -0.1) is 10.2 Å². The molecular formula is C13H16ClN3O. The maximum Gasteiger partial charge on any atom is 0.159 e. The van der Waals surface area contributed by atoms with Crippen LogP contribution in [0.3, 0.4) is 0 Å². The van der Waals surface area contributed by atoms with Crippen LogP contribution in [0, 0.1) is 0 Å². The lowest BCUT2D eigenvalue weighted by molar-refractivity contribution is 0.0855. The van der Waals surface area contributed by atoms with Crippen molar-refractivity contribution in [3.63, 3.8) is 0 Å². The molecular weight excluding hydrogens is 250 g/mol. The largest absolute Gasteiger partial charge is 0.377 e. The predicted octanol–water partition coefficient (Wildman–Crippen LogP) is 3.12. The van der Waals surface area contributed by atoms with Crippen molar-refractivity contribution in [1.29, 1.82) is 0 Å². The Kier molecular flexibility index (Phi) is 4.33. The normalized spacial score (nSPS) is 12.6. The van der Waals surface area contributed by atoms with Crippen LogP contribution in [-0.2, 0) is 4.74 Å². The van der Waals surface area contributed by atoms with E-state index in [1.807, 2.05) is 38.1 Å². The van der Waals surface area contributed by atoms with Gasteiger partial charge in [0.25, 0.3) is 0 Å². The summed E-state index contributed by atoms with van der Waals surface area (Å²) in [6.07, 6.45) is 0.131. The van der Waals surface area contributed by atoms with Gasteiger partial charge in [0.1, 0.15) is 0 Å². The van der Waals surface area contributed by atoms with E-state index < -0.39 is 0 Å². The molecule has 0 fully saturated rings. The Morgan fingerprint density at radius 3 is 2.72 bits per heavy atom. The van der Waals surface area contributed by atoms with Crippen molar-refractivity contribution in [2.24, 2.45) is 0 Å². The third-order valence-corrected chi connectivity index (χ3v) is 2.93. The first kappa shape index (κ1) is 13.1. The Labute approximate surface area is 111 Å². The van der Waals surface area contributed by atoms with Crippen molar-refractivity contribution >= 4 is 28.2 Å². The molecule has 5 heteroatoms. The number of hydrogen-bond donors (Lipinski definition) is 1. The van der Waals surface area contributed by atoms with Gasteiger partial charge in [0.05, 0.1) is 6.10 Å². The highest BCUT2D eigenvalue weighted by molar-refractivity contribution is 6.34. The van der Waals surface area contributed by atoms with E-state index in [9.17, 15) is 0 Å². The van der Waals surface area contributed by atoms with Gasteiger partial charge in [0, 0.05) is 23.9 Å². The molecule has 1 unspecified atom stereocenters. The summed E-state index contributed by atoms with van der Waals surface area (Å²) < 4.78 is 5.46. The van der Waals surface area contributed by atoms with Gasteiger partial charge < -0.3 is 10.1 Å². The number of nitrogens with zero attached hydrogens (tertiary/aromatic N) is 2. The highest BCUT2D eigenvalue weighted by Crippen LogP contribution is 2.25. The molecule has 2 aromatic rings. The lowest BCUT2D eigenvalue weighted by Gasteiger charge is -2.14. The van der Waals surface area contributed by atoms with Crippen molar-refractivity contribution in [1.82, 2.24) is 10.2 Å². The van der Waals surface area contributed by atoms with E-state index in [0.29, 0.717) is 18.3 Å². The lowest BCUT2D eigenvalue weighted by atomic mass is 10.2. The number of nitrogens with one attached hydrogen (secondary N) is 1. The van der Waals surface area contributed by atoms with E-state index in [4.69, 9.17) is 16.3 Å². The molecule has 0 aliphatic rings. The molecule has 96 valence electrons. The summed E-state index contributed by atoms with van der Waals surface area (Å²) in [5.74, 6) is 0.738. The zero-order chi connectivity index (χ0) is 13.0. The fourth-order valence-corrected chi connectivity index (χ4v) is 1.99. The van der Waals surface area contributed by atoms with Gasteiger partial charge in [0.15, 0.2) is 11.0 Å². The molecule has 2 rings (SSSR count). The molecule has 0 bridgehead atoms. The van der Waals surface area contributed by atoms with E-state index in [0.717, 1.165) is 16.6 Å². The second kappa shape index (κ2) is 5.98. The zero-order valence-corrected chi connectivity index (χ0v) is 11.2. The second-order valence-electron chi connectivity index (χ2n) is 4.03. The van der Waals surface area contributed by atoms with Crippen molar-refractivity contribution in [3.8, 4) is 0 Å². The van der Waals surface area contributed by atoms with Crippen LogP contribution < -0.4 is 5.32 Å². The summed E-state index contributed by atoms with van der Waals surface area (Å²) >= 11 is 6.02. The number of anilines is 1.